The molecule has 1 aromatic carbocycles. The van der Waals surface area contributed by atoms with Crippen LogP contribution in [0.15, 0.2) is 18.2 Å². The quantitative estimate of drug-likeness (QED) is 0.818. The average molecular weight is 353 g/mol. The van der Waals surface area contributed by atoms with Gasteiger partial charge in [0.05, 0.1) is 17.8 Å². The molecular weight excluding hydrogens is 335 g/mol. The van der Waals surface area contributed by atoms with E-state index in [0.29, 0.717) is 15.6 Å². The molecule has 0 spiro atoms. The van der Waals surface area contributed by atoms with Gasteiger partial charge in [-0.1, -0.05) is 29.3 Å². The lowest BCUT2D eigenvalue weighted by Gasteiger charge is -2.18. The lowest BCUT2D eigenvalue weighted by molar-refractivity contribution is -0.123. The minimum atomic E-state index is -3.14. The predicted molar refractivity (Wildman–Crippen MR) is 85.3 cm³/mol. The van der Waals surface area contributed by atoms with Crippen molar-refractivity contribution in [2.75, 3.05) is 12.0 Å². The van der Waals surface area contributed by atoms with Crippen molar-refractivity contribution in [1.29, 1.82) is 0 Å². The SMILES string of the molecule is CC(NC(=O)C(N)CCS(C)(=O)=O)c1ccc(Cl)cc1Cl. The Morgan fingerprint density at radius 1 is 1.38 bits per heavy atom. The number of hydrogen-bond acceptors (Lipinski definition) is 4. The van der Waals surface area contributed by atoms with Gasteiger partial charge in [0.15, 0.2) is 0 Å². The second-order valence-electron chi connectivity index (χ2n) is 4.92. The maximum Gasteiger partial charge on any atom is 0.237 e. The van der Waals surface area contributed by atoms with E-state index in [-0.39, 0.29) is 18.2 Å². The van der Waals surface area contributed by atoms with E-state index < -0.39 is 21.8 Å². The second kappa shape index (κ2) is 7.45. The van der Waals surface area contributed by atoms with E-state index in [2.05, 4.69) is 5.32 Å². The molecule has 0 fully saturated rings. The van der Waals surface area contributed by atoms with Crippen molar-refractivity contribution in [2.24, 2.45) is 5.73 Å². The first-order valence-electron chi connectivity index (χ1n) is 6.29. The molecule has 0 saturated heterocycles. The van der Waals surface area contributed by atoms with Crippen LogP contribution in [-0.2, 0) is 14.6 Å². The first-order chi connectivity index (χ1) is 9.60. The lowest BCUT2D eigenvalue weighted by atomic mass is 10.1. The fourth-order valence-corrected chi connectivity index (χ4v) is 2.98. The topological polar surface area (TPSA) is 89.3 Å². The van der Waals surface area contributed by atoms with Gasteiger partial charge in [-0.15, -0.1) is 0 Å². The Kier molecular flexibility index (Phi) is 6.46. The highest BCUT2D eigenvalue weighted by atomic mass is 35.5. The van der Waals surface area contributed by atoms with Gasteiger partial charge in [0.2, 0.25) is 5.91 Å². The molecule has 0 aliphatic rings. The number of amides is 1. The summed E-state index contributed by atoms with van der Waals surface area (Å²) in [4.78, 5) is 11.9. The smallest absolute Gasteiger partial charge is 0.237 e. The third kappa shape index (κ3) is 6.22. The fourth-order valence-electron chi connectivity index (χ4n) is 1.72. The Morgan fingerprint density at radius 3 is 2.52 bits per heavy atom. The van der Waals surface area contributed by atoms with Crippen LogP contribution in [0.1, 0.15) is 24.9 Å². The van der Waals surface area contributed by atoms with Crippen molar-refractivity contribution in [3.05, 3.63) is 33.8 Å². The van der Waals surface area contributed by atoms with Crippen LogP contribution < -0.4 is 11.1 Å². The maximum atomic E-state index is 11.9. The van der Waals surface area contributed by atoms with E-state index in [0.717, 1.165) is 6.26 Å². The number of halogens is 2. The van der Waals surface area contributed by atoms with Crippen LogP contribution in [0.25, 0.3) is 0 Å². The first kappa shape index (κ1) is 18.2. The zero-order valence-corrected chi connectivity index (χ0v) is 14.1. The van der Waals surface area contributed by atoms with Crippen LogP contribution in [0, 0.1) is 0 Å². The molecule has 0 radical (unpaired) electrons. The molecular formula is C13H18Cl2N2O3S. The minimum Gasteiger partial charge on any atom is -0.348 e. The molecule has 0 aliphatic heterocycles. The molecule has 21 heavy (non-hydrogen) atoms. The third-order valence-corrected chi connectivity index (χ3v) is 4.46. The number of benzene rings is 1. The fraction of sp³-hybridized carbons (Fsp3) is 0.462. The van der Waals surface area contributed by atoms with Crippen LogP contribution in [0.5, 0.6) is 0 Å². The summed E-state index contributed by atoms with van der Waals surface area (Å²) in [5, 5.41) is 3.66. The van der Waals surface area contributed by atoms with Gasteiger partial charge in [-0.3, -0.25) is 4.79 Å². The molecule has 3 N–H and O–H groups in total. The molecule has 1 amide bonds. The van der Waals surface area contributed by atoms with Crippen molar-refractivity contribution >= 4 is 38.9 Å². The zero-order chi connectivity index (χ0) is 16.2. The summed E-state index contributed by atoms with van der Waals surface area (Å²) in [7, 11) is -3.14. The van der Waals surface area contributed by atoms with E-state index >= 15 is 0 Å². The van der Waals surface area contributed by atoms with Crippen LogP contribution in [0.3, 0.4) is 0 Å². The highest BCUT2D eigenvalue weighted by molar-refractivity contribution is 7.90. The largest absolute Gasteiger partial charge is 0.348 e. The van der Waals surface area contributed by atoms with Crippen LogP contribution in [0.2, 0.25) is 10.0 Å². The number of nitrogens with two attached hydrogens (primary N) is 1. The summed E-state index contributed by atoms with van der Waals surface area (Å²) in [6.07, 6.45) is 1.18. The van der Waals surface area contributed by atoms with E-state index in [1.165, 1.54) is 0 Å². The highest BCUT2D eigenvalue weighted by Gasteiger charge is 2.19. The van der Waals surface area contributed by atoms with Crippen LogP contribution in [-0.4, -0.2) is 32.4 Å². The van der Waals surface area contributed by atoms with E-state index in [9.17, 15) is 13.2 Å². The normalized spacial score (nSPS) is 14.5. The van der Waals surface area contributed by atoms with Gasteiger partial charge < -0.3 is 11.1 Å². The van der Waals surface area contributed by atoms with Gasteiger partial charge >= 0.3 is 0 Å². The molecule has 118 valence electrons. The zero-order valence-electron chi connectivity index (χ0n) is 11.8. The molecule has 2 atom stereocenters. The number of carbonyl (C=O) groups excluding carboxylic acids is 1. The molecule has 2 unspecified atom stereocenters. The number of rotatable bonds is 6. The summed E-state index contributed by atoms with van der Waals surface area (Å²) < 4.78 is 22.1. The molecule has 0 aliphatic carbocycles. The molecule has 0 saturated carbocycles. The van der Waals surface area contributed by atoms with Crippen molar-refractivity contribution in [1.82, 2.24) is 5.32 Å². The lowest BCUT2D eigenvalue weighted by Crippen LogP contribution is -2.42. The predicted octanol–water partition coefficient (Wildman–Crippen LogP) is 1.93. The van der Waals surface area contributed by atoms with Gasteiger partial charge in [-0.05, 0) is 31.0 Å². The van der Waals surface area contributed by atoms with Crippen molar-refractivity contribution in [3.63, 3.8) is 0 Å². The Bertz CT molecular complexity index is 620. The number of nitrogens with one attached hydrogen (secondary N) is 1. The third-order valence-electron chi connectivity index (χ3n) is 2.92. The van der Waals surface area contributed by atoms with Gasteiger partial charge in [0.1, 0.15) is 9.84 Å². The molecule has 0 heterocycles. The van der Waals surface area contributed by atoms with Gasteiger partial charge in [-0.2, -0.15) is 0 Å². The summed E-state index contributed by atoms with van der Waals surface area (Å²) in [6.45, 7) is 1.76. The molecule has 0 bridgehead atoms. The minimum absolute atomic E-state index is 0.0751. The number of sulfone groups is 1. The van der Waals surface area contributed by atoms with Crippen molar-refractivity contribution in [2.45, 2.75) is 25.4 Å². The molecule has 0 aromatic heterocycles. The van der Waals surface area contributed by atoms with Crippen LogP contribution >= 0.6 is 23.2 Å². The Labute approximate surface area is 134 Å². The average Bonchev–Trinajstić information content (AvgIpc) is 2.34. The number of carbonyl (C=O) groups is 1. The number of hydrogen-bond donors (Lipinski definition) is 2. The van der Waals surface area contributed by atoms with Gasteiger partial charge in [0.25, 0.3) is 0 Å². The van der Waals surface area contributed by atoms with Gasteiger partial charge in [-0.25, -0.2) is 8.42 Å². The molecule has 8 heteroatoms. The Morgan fingerprint density at radius 2 is 2.00 bits per heavy atom. The maximum absolute atomic E-state index is 11.9. The van der Waals surface area contributed by atoms with E-state index in [1.807, 2.05) is 0 Å². The summed E-state index contributed by atoms with van der Waals surface area (Å²) >= 11 is 11.9. The second-order valence-corrected chi connectivity index (χ2v) is 8.02. The monoisotopic (exact) mass is 352 g/mol. The summed E-state index contributed by atoms with van der Waals surface area (Å²) in [5.74, 6) is -0.547. The first-order valence-corrected chi connectivity index (χ1v) is 9.10. The van der Waals surface area contributed by atoms with E-state index in [1.54, 1.807) is 25.1 Å². The van der Waals surface area contributed by atoms with Crippen molar-refractivity contribution < 1.29 is 13.2 Å². The molecule has 1 aromatic rings. The standard InChI is InChI=1S/C13H18Cl2N2O3S/c1-8(10-4-3-9(14)7-11(10)15)17-13(18)12(16)5-6-21(2,19)20/h3-4,7-8,12H,5-6,16H2,1-2H3,(H,17,18). The molecule has 5 nitrogen and oxygen atoms in total. The van der Waals surface area contributed by atoms with Gasteiger partial charge in [0, 0.05) is 16.3 Å². The molecule has 1 rings (SSSR count). The Balaban J connectivity index is 2.65. The van der Waals surface area contributed by atoms with Crippen molar-refractivity contribution in [3.8, 4) is 0 Å². The highest BCUT2D eigenvalue weighted by Crippen LogP contribution is 2.26. The Hall–Kier alpha value is -0.820. The van der Waals surface area contributed by atoms with E-state index in [4.69, 9.17) is 28.9 Å². The van der Waals surface area contributed by atoms with Crippen LogP contribution in [0.4, 0.5) is 0 Å². The summed E-state index contributed by atoms with van der Waals surface area (Å²) in [5.41, 5.74) is 6.40. The summed E-state index contributed by atoms with van der Waals surface area (Å²) in [6, 6.07) is 3.75.